The largest absolute Gasteiger partial charge is 0.378 e. The number of hydrogen-bond donors (Lipinski definition) is 0. The molecule has 0 saturated heterocycles. The van der Waals surface area contributed by atoms with Crippen LogP contribution in [0.2, 0.25) is 0 Å². The van der Waals surface area contributed by atoms with Crippen LogP contribution in [-0.4, -0.2) is 33.3 Å². The molecule has 0 radical (unpaired) electrons. The van der Waals surface area contributed by atoms with Crippen molar-refractivity contribution in [1.82, 2.24) is 14.8 Å². The number of aryl methyl sites for hydroxylation is 1. The highest BCUT2D eigenvalue weighted by Gasteiger charge is 2.38. The van der Waals surface area contributed by atoms with Gasteiger partial charge in [0.1, 0.15) is 17.9 Å². The van der Waals surface area contributed by atoms with Crippen LogP contribution in [0.25, 0.3) is 0 Å². The van der Waals surface area contributed by atoms with Crippen LogP contribution in [0.3, 0.4) is 0 Å². The number of ketones is 1. The van der Waals surface area contributed by atoms with Crippen molar-refractivity contribution in [3.8, 4) is 0 Å². The zero-order valence-electron chi connectivity index (χ0n) is 10.5. The van der Waals surface area contributed by atoms with Crippen LogP contribution >= 0.6 is 0 Å². The number of carbonyl (C=O) groups excluding carboxylic acids is 1. The van der Waals surface area contributed by atoms with E-state index < -0.39 is 0 Å². The summed E-state index contributed by atoms with van der Waals surface area (Å²) >= 11 is 0. The predicted molar refractivity (Wildman–Crippen MR) is 62.6 cm³/mol. The first kappa shape index (κ1) is 12.2. The van der Waals surface area contributed by atoms with E-state index in [0.717, 1.165) is 31.6 Å². The van der Waals surface area contributed by atoms with Crippen LogP contribution < -0.4 is 0 Å². The first-order chi connectivity index (χ1) is 8.19. The molecule has 0 N–H and O–H groups in total. The minimum Gasteiger partial charge on any atom is -0.378 e. The number of ether oxygens (including phenoxy) is 1. The summed E-state index contributed by atoms with van der Waals surface area (Å²) in [6.07, 6.45) is 5.51. The van der Waals surface area contributed by atoms with E-state index in [0.29, 0.717) is 12.8 Å². The molecule has 0 atom stereocenters. The Morgan fingerprint density at radius 3 is 2.88 bits per heavy atom. The number of nitrogens with zero attached hydrogens (tertiary/aromatic N) is 3. The van der Waals surface area contributed by atoms with Crippen LogP contribution in [0.4, 0.5) is 0 Å². The molecule has 1 aliphatic rings. The molecule has 17 heavy (non-hydrogen) atoms. The molecule has 1 aromatic heterocycles. The molecule has 0 aromatic carbocycles. The lowest BCUT2D eigenvalue weighted by atomic mass is 9.76. The molecule has 5 nitrogen and oxygen atoms in total. The second-order valence-corrected chi connectivity index (χ2v) is 4.62. The van der Waals surface area contributed by atoms with Crippen molar-refractivity contribution in [2.45, 2.75) is 51.2 Å². The molecule has 0 amide bonds. The van der Waals surface area contributed by atoms with E-state index in [9.17, 15) is 4.79 Å². The van der Waals surface area contributed by atoms with E-state index in [-0.39, 0.29) is 11.4 Å². The molecule has 1 aliphatic carbocycles. The first-order valence-electron chi connectivity index (χ1n) is 6.12. The van der Waals surface area contributed by atoms with Crippen molar-refractivity contribution in [2.24, 2.45) is 0 Å². The van der Waals surface area contributed by atoms with E-state index in [1.165, 1.54) is 6.33 Å². The quantitative estimate of drug-likeness (QED) is 0.749. The molecule has 0 aliphatic heterocycles. The van der Waals surface area contributed by atoms with Crippen LogP contribution in [0.1, 0.15) is 38.4 Å². The molecular formula is C12H19N3O2. The highest BCUT2D eigenvalue weighted by atomic mass is 16.5. The number of carbonyl (C=O) groups is 1. The van der Waals surface area contributed by atoms with E-state index in [1.54, 1.807) is 11.8 Å². The van der Waals surface area contributed by atoms with E-state index >= 15 is 0 Å². The molecular weight excluding hydrogens is 218 g/mol. The number of methoxy groups -OCH3 is 1. The number of hydrogen-bond acceptors (Lipinski definition) is 4. The van der Waals surface area contributed by atoms with Gasteiger partial charge in [-0.1, -0.05) is 0 Å². The van der Waals surface area contributed by atoms with Crippen LogP contribution in [0, 0.1) is 0 Å². The Labute approximate surface area is 101 Å². The summed E-state index contributed by atoms with van der Waals surface area (Å²) in [7, 11) is 1.70. The van der Waals surface area contributed by atoms with Crippen molar-refractivity contribution < 1.29 is 9.53 Å². The molecule has 94 valence electrons. The Bertz CT molecular complexity index is 391. The Balaban J connectivity index is 1.93. The molecule has 1 saturated carbocycles. The third-order valence-corrected chi connectivity index (χ3v) is 3.57. The van der Waals surface area contributed by atoms with Gasteiger partial charge in [-0.2, -0.15) is 5.10 Å². The fourth-order valence-electron chi connectivity index (χ4n) is 2.31. The molecule has 0 spiro atoms. The molecule has 5 heteroatoms. The van der Waals surface area contributed by atoms with Gasteiger partial charge in [0.2, 0.25) is 0 Å². The summed E-state index contributed by atoms with van der Waals surface area (Å²) in [4.78, 5) is 16.1. The van der Waals surface area contributed by atoms with E-state index in [2.05, 4.69) is 10.1 Å². The van der Waals surface area contributed by atoms with E-state index in [1.807, 2.05) is 6.92 Å². The summed E-state index contributed by atoms with van der Waals surface area (Å²) in [5.41, 5.74) is -0.186. The van der Waals surface area contributed by atoms with Crippen LogP contribution in [0.15, 0.2) is 6.33 Å². The molecule has 1 heterocycles. The van der Waals surface area contributed by atoms with Crippen LogP contribution in [-0.2, 0) is 22.5 Å². The van der Waals surface area contributed by atoms with Crippen molar-refractivity contribution in [3.63, 3.8) is 0 Å². The van der Waals surface area contributed by atoms with Crippen molar-refractivity contribution in [3.05, 3.63) is 12.2 Å². The summed E-state index contributed by atoms with van der Waals surface area (Å²) in [6, 6.07) is 0. The molecule has 0 bridgehead atoms. The zero-order valence-corrected chi connectivity index (χ0v) is 10.5. The first-order valence-corrected chi connectivity index (χ1v) is 6.12. The maximum absolute atomic E-state index is 12.0. The van der Waals surface area contributed by atoms with Gasteiger partial charge in [0, 0.05) is 20.1 Å². The van der Waals surface area contributed by atoms with Gasteiger partial charge in [-0.05, 0) is 26.2 Å². The van der Waals surface area contributed by atoms with Gasteiger partial charge in [0.15, 0.2) is 0 Å². The maximum atomic E-state index is 12.0. The second kappa shape index (κ2) is 4.96. The van der Waals surface area contributed by atoms with Crippen molar-refractivity contribution in [2.75, 3.05) is 7.11 Å². The van der Waals surface area contributed by atoms with Gasteiger partial charge < -0.3 is 4.74 Å². The Morgan fingerprint density at radius 1 is 1.59 bits per heavy atom. The third kappa shape index (κ3) is 2.54. The monoisotopic (exact) mass is 237 g/mol. The SMILES string of the molecule is CCn1ncnc1CC(=O)CC1(OC)CCC1. The summed E-state index contributed by atoms with van der Waals surface area (Å²) in [5.74, 6) is 0.942. The van der Waals surface area contributed by atoms with Crippen molar-refractivity contribution in [1.29, 1.82) is 0 Å². The highest BCUT2D eigenvalue weighted by Crippen LogP contribution is 2.38. The lowest BCUT2D eigenvalue weighted by Crippen LogP contribution is -2.41. The summed E-state index contributed by atoms with van der Waals surface area (Å²) in [6.45, 7) is 2.74. The lowest BCUT2D eigenvalue weighted by molar-refractivity contribution is -0.131. The fourth-order valence-corrected chi connectivity index (χ4v) is 2.31. The Morgan fingerprint density at radius 2 is 2.35 bits per heavy atom. The van der Waals surface area contributed by atoms with Gasteiger partial charge in [-0.15, -0.1) is 0 Å². The minimum atomic E-state index is -0.186. The number of Topliss-reactive ketones (excluding diaryl/α,β-unsaturated/α-hetero) is 1. The van der Waals surface area contributed by atoms with Gasteiger partial charge in [-0.3, -0.25) is 4.79 Å². The lowest BCUT2D eigenvalue weighted by Gasteiger charge is -2.40. The topological polar surface area (TPSA) is 57.0 Å². The zero-order chi connectivity index (χ0) is 12.3. The second-order valence-electron chi connectivity index (χ2n) is 4.62. The molecule has 1 aromatic rings. The number of rotatable bonds is 6. The summed E-state index contributed by atoms with van der Waals surface area (Å²) in [5, 5.41) is 4.06. The standard InChI is InChI=1S/C12H19N3O2/c1-3-15-11(13-9-14-15)7-10(16)8-12(17-2)5-4-6-12/h9H,3-8H2,1-2H3. The summed E-state index contributed by atoms with van der Waals surface area (Å²) < 4.78 is 7.22. The normalized spacial score (nSPS) is 17.8. The van der Waals surface area contributed by atoms with E-state index in [4.69, 9.17) is 4.74 Å². The molecule has 1 fully saturated rings. The predicted octanol–water partition coefficient (Wildman–Crippen LogP) is 1.37. The fraction of sp³-hybridized carbons (Fsp3) is 0.750. The van der Waals surface area contributed by atoms with Gasteiger partial charge >= 0.3 is 0 Å². The maximum Gasteiger partial charge on any atom is 0.143 e. The third-order valence-electron chi connectivity index (χ3n) is 3.57. The number of aromatic nitrogens is 3. The Hall–Kier alpha value is -1.23. The van der Waals surface area contributed by atoms with Gasteiger partial charge in [0.25, 0.3) is 0 Å². The minimum absolute atomic E-state index is 0.186. The molecule has 2 rings (SSSR count). The van der Waals surface area contributed by atoms with Crippen molar-refractivity contribution >= 4 is 5.78 Å². The van der Waals surface area contributed by atoms with Gasteiger partial charge in [0.05, 0.1) is 12.0 Å². The average Bonchev–Trinajstić information content (AvgIpc) is 2.70. The van der Waals surface area contributed by atoms with Crippen LogP contribution in [0.5, 0.6) is 0 Å². The van der Waals surface area contributed by atoms with Gasteiger partial charge in [-0.25, -0.2) is 9.67 Å². The molecule has 0 unspecified atom stereocenters. The Kier molecular flexibility index (Phi) is 3.57. The highest BCUT2D eigenvalue weighted by molar-refractivity contribution is 5.81. The average molecular weight is 237 g/mol. The smallest absolute Gasteiger partial charge is 0.143 e.